The first kappa shape index (κ1) is 18.9. The van der Waals surface area contributed by atoms with Gasteiger partial charge in [-0.1, -0.05) is 51.5 Å². The normalized spacial score (nSPS) is 23.1. The minimum Gasteiger partial charge on any atom is -0.481 e. The van der Waals surface area contributed by atoms with Crippen molar-refractivity contribution in [3.63, 3.8) is 0 Å². The van der Waals surface area contributed by atoms with Gasteiger partial charge >= 0.3 is 0 Å². The number of aliphatic hydroxyl groups is 1. The zero-order chi connectivity index (χ0) is 16.1. The summed E-state index contributed by atoms with van der Waals surface area (Å²) >= 11 is 0. The van der Waals surface area contributed by atoms with Crippen LogP contribution >= 0.6 is 0 Å². The molecule has 3 nitrogen and oxygen atoms in total. The molecule has 3 heteroatoms. The van der Waals surface area contributed by atoms with Crippen LogP contribution in [0.2, 0.25) is 0 Å². The number of carboxylic acids is 1. The van der Waals surface area contributed by atoms with E-state index < -0.39 is 5.97 Å². The quantitative estimate of drug-likeness (QED) is 0.768. The molecule has 0 saturated heterocycles. The van der Waals surface area contributed by atoms with Crippen LogP contribution in [-0.2, 0) is 4.79 Å². The third-order valence-electron chi connectivity index (χ3n) is 3.72. The average molecular weight is 282 g/mol. The summed E-state index contributed by atoms with van der Waals surface area (Å²) < 4.78 is 0. The van der Waals surface area contributed by atoms with E-state index in [4.69, 9.17) is 15.0 Å². The Labute approximate surface area is 123 Å². The van der Waals surface area contributed by atoms with E-state index in [1.807, 2.05) is 0 Å². The molecule has 0 heterocycles. The minimum absolute atomic E-state index is 0.151. The second-order valence-corrected chi connectivity index (χ2v) is 7.06. The fraction of sp³-hybridized carbons (Fsp3) is 0.706. The second kappa shape index (κ2) is 7.07. The Morgan fingerprint density at radius 1 is 1.40 bits per heavy atom. The van der Waals surface area contributed by atoms with Crippen LogP contribution < -0.4 is 0 Å². The number of aliphatic hydroxyl groups excluding tert-OH is 1. The van der Waals surface area contributed by atoms with Crippen molar-refractivity contribution < 1.29 is 15.0 Å². The maximum Gasteiger partial charge on any atom is 0.300 e. The van der Waals surface area contributed by atoms with E-state index in [0.29, 0.717) is 5.92 Å². The lowest BCUT2D eigenvalue weighted by Gasteiger charge is -2.48. The Morgan fingerprint density at radius 3 is 2.20 bits per heavy atom. The van der Waals surface area contributed by atoms with E-state index in [2.05, 4.69) is 47.3 Å². The second-order valence-electron chi connectivity index (χ2n) is 7.06. The monoisotopic (exact) mass is 282 g/mol. The highest BCUT2D eigenvalue weighted by Gasteiger charge is 2.43. The zero-order valence-electron chi connectivity index (χ0n) is 13.8. The highest BCUT2D eigenvalue weighted by atomic mass is 16.4. The van der Waals surface area contributed by atoms with E-state index in [0.717, 1.165) is 19.8 Å². The lowest BCUT2D eigenvalue weighted by Crippen LogP contribution is -2.40. The summed E-state index contributed by atoms with van der Waals surface area (Å²) in [7, 11) is 0. The maximum atomic E-state index is 9.08. The Morgan fingerprint density at radius 2 is 1.85 bits per heavy atom. The lowest BCUT2D eigenvalue weighted by atomic mass is 9.56. The molecule has 0 aromatic heterocycles. The number of allylic oxidation sites excluding steroid dienone is 2. The smallest absolute Gasteiger partial charge is 0.300 e. The number of hydrogen-bond acceptors (Lipinski definition) is 2. The predicted octanol–water partition coefficient (Wildman–Crippen LogP) is 4.03. The van der Waals surface area contributed by atoms with Gasteiger partial charge in [0.2, 0.25) is 0 Å². The molecule has 1 rings (SSSR count). The number of carboxylic acid groups (broad SMARTS) is 1. The molecule has 0 saturated carbocycles. The molecule has 0 radical (unpaired) electrons. The molecular weight excluding hydrogens is 252 g/mol. The molecule has 0 aliphatic heterocycles. The van der Waals surface area contributed by atoms with Crippen molar-refractivity contribution in [3.8, 4) is 0 Å². The van der Waals surface area contributed by atoms with Gasteiger partial charge in [0.05, 0.1) is 0 Å². The summed E-state index contributed by atoms with van der Waals surface area (Å²) in [5.41, 5.74) is 3.07. The van der Waals surface area contributed by atoms with Crippen molar-refractivity contribution in [1.29, 1.82) is 0 Å². The van der Waals surface area contributed by atoms with Gasteiger partial charge in [-0.25, -0.2) is 0 Å². The summed E-state index contributed by atoms with van der Waals surface area (Å²) in [5, 5.41) is 16.5. The molecule has 20 heavy (non-hydrogen) atoms. The first-order valence-electron chi connectivity index (χ1n) is 7.10. The molecule has 1 unspecified atom stereocenters. The summed E-state index contributed by atoms with van der Waals surface area (Å²) in [6.07, 6.45) is 4.24. The Balaban J connectivity index is 0.000000796. The SMILES string of the molecule is C=C(CCO)C1C(C)(C)C=C(C)CC1(C)C.CC(=O)O. The number of aliphatic carboxylic acids is 1. The van der Waals surface area contributed by atoms with Crippen molar-refractivity contribution in [2.45, 2.75) is 54.4 Å². The van der Waals surface area contributed by atoms with Crippen molar-refractivity contribution in [1.82, 2.24) is 0 Å². The summed E-state index contributed by atoms with van der Waals surface area (Å²) in [5.74, 6) is -0.379. The number of carbonyl (C=O) groups is 1. The number of hydrogen-bond donors (Lipinski definition) is 2. The molecule has 0 aromatic rings. The Kier molecular flexibility index (Phi) is 6.69. The van der Waals surface area contributed by atoms with Gasteiger partial charge in [0.1, 0.15) is 0 Å². The summed E-state index contributed by atoms with van der Waals surface area (Å²) in [4.78, 5) is 9.00. The van der Waals surface area contributed by atoms with Gasteiger partial charge in [-0.05, 0) is 36.5 Å². The predicted molar refractivity (Wildman–Crippen MR) is 83.6 cm³/mol. The first-order chi connectivity index (χ1) is 8.94. The highest BCUT2D eigenvalue weighted by molar-refractivity contribution is 5.62. The molecule has 0 amide bonds. The van der Waals surface area contributed by atoms with Gasteiger partial charge in [0, 0.05) is 13.5 Å². The van der Waals surface area contributed by atoms with Gasteiger partial charge in [0.15, 0.2) is 0 Å². The molecule has 116 valence electrons. The zero-order valence-corrected chi connectivity index (χ0v) is 13.8. The van der Waals surface area contributed by atoms with Crippen LogP contribution in [0.5, 0.6) is 0 Å². The van der Waals surface area contributed by atoms with Crippen LogP contribution in [0.1, 0.15) is 54.4 Å². The average Bonchev–Trinajstić information content (AvgIpc) is 2.10. The highest BCUT2D eigenvalue weighted by Crippen LogP contribution is 2.52. The first-order valence-corrected chi connectivity index (χ1v) is 7.10. The molecule has 1 aliphatic carbocycles. The molecule has 1 atom stereocenters. The van der Waals surface area contributed by atoms with Crippen molar-refractivity contribution in [3.05, 3.63) is 23.8 Å². The molecule has 1 aliphatic rings. The topological polar surface area (TPSA) is 57.5 Å². The van der Waals surface area contributed by atoms with Crippen molar-refractivity contribution >= 4 is 5.97 Å². The van der Waals surface area contributed by atoms with E-state index in [-0.39, 0.29) is 17.4 Å². The van der Waals surface area contributed by atoms with Crippen molar-refractivity contribution in [2.75, 3.05) is 6.61 Å². The van der Waals surface area contributed by atoms with Crippen LogP contribution in [0.3, 0.4) is 0 Å². The van der Waals surface area contributed by atoms with E-state index >= 15 is 0 Å². The molecule has 0 aromatic carbocycles. The number of rotatable bonds is 3. The third-order valence-corrected chi connectivity index (χ3v) is 3.72. The summed E-state index contributed by atoms with van der Waals surface area (Å²) in [6.45, 7) is 16.9. The van der Waals surface area contributed by atoms with Gasteiger partial charge in [0.25, 0.3) is 5.97 Å². The van der Waals surface area contributed by atoms with Gasteiger partial charge in [-0.2, -0.15) is 0 Å². The molecule has 0 spiro atoms. The maximum absolute atomic E-state index is 9.08. The standard InChI is InChI=1S/C15H26O.C2H4O2/c1-11-9-14(3,4)13(12(2)7-8-16)15(5,6)10-11;1-2(3)4/h9,13,16H,2,7-8,10H2,1,3-6H3;1H3,(H,3,4). The Bertz CT molecular complexity index is 385. The molecule has 2 N–H and O–H groups in total. The largest absolute Gasteiger partial charge is 0.481 e. The van der Waals surface area contributed by atoms with E-state index in [1.165, 1.54) is 11.1 Å². The fourth-order valence-electron chi connectivity index (χ4n) is 3.96. The third kappa shape index (κ3) is 5.49. The molecule has 0 fully saturated rings. The summed E-state index contributed by atoms with van der Waals surface area (Å²) in [6, 6.07) is 0. The minimum atomic E-state index is -0.833. The Hall–Kier alpha value is -1.09. The van der Waals surface area contributed by atoms with E-state index in [9.17, 15) is 0 Å². The van der Waals surface area contributed by atoms with Gasteiger partial charge in [-0.3, -0.25) is 4.79 Å². The van der Waals surface area contributed by atoms with Crippen LogP contribution in [-0.4, -0.2) is 22.8 Å². The van der Waals surface area contributed by atoms with Crippen LogP contribution in [0.4, 0.5) is 0 Å². The molecule has 0 bridgehead atoms. The van der Waals surface area contributed by atoms with E-state index in [1.54, 1.807) is 0 Å². The van der Waals surface area contributed by atoms with Gasteiger partial charge in [-0.15, -0.1) is 0 Å². The van der Waals surface area contributed by atoms with Crippen molar-refractivity contribution in [2.24, 2.45) is 16.7 Å². The van der Waals surface area contributed by atoms with Crippen LogP contribution in [0.15, 0.2) is 23.8 Å². The lowest BCUT2D eigenvalue weighted by molar-refractivity contribution is -0.134. The van der Waals surface area contributed by atoms with Crippen LogP contribution in [0.25, 0.3) is 0 Å². The molecular formula is C17H30O3. The fourth-order valence-corrected chi connectivity index (χ4v) is 3.96. The van der Waals surface area contributed by atoms with Crippen LogP contribution in [0, 0.1) is 16.7 Å². The van der Waals surface area contributed by atoms with Gasteiger partial charge < -0.3 is 10.2 Å².